The summed E-state index contributed by atoms with van der Waals surface area (Å²) in [5.74, 6) is -2.66. The van der Waals surface area contributed by atoms with Crippen molar-refractivity contribution in [1.82, 2.24) is 0 Å². The molecule has 2 N–H and O–H groups in total. The molecule has 0 aliphatic heterocycles. The van der Waals surface area contributed by atoms with Crippen molar-refractivity contribution in [2.24, 2.45) is 11.8 Å². The second-order valence-corrected chi connectivity index (χ2v) is 5.75. The lowest BCUT2D eigenvalue weighted by molar-refractivity contribution is -0.385. The average Bonchev–Trinajstić information content (AvgIpc) is 2.90. The summed E-state index contributed by atoms with van der Waals surface area (Å²) in [5, 5.41) is 22.5. The van der Waals surface area contributed by atoms with Gasteiger partial charge in [0.15, 0.2) is 0 Å². The molecular formula is C13H13BrN2O5. The first kappa shape index (κ1) is 15.4. The number of nitrogens with one attached hydrogen (secondary N) is 1. The summed E-state index contributed by atoms with van der Waals surface area (Å²) >= 11 is 3.06. The van der Waals surface area contributed by atoms with Crippen LogP contribution in [-0.2, 0) is 9.59 Å². The predicted octanol–water partition coefficient (Wildman–Crippen LogP) is 2.80. The Bertz CT molecular complexity index is 604. The van der Waals surface area contributed by atoms with E-state index in [1.165, 1.54) is 18.2 Å². The third-order valence-corrected chi connectivity index (χ3v) is 4.25. The summed E-state index contributed by atoms with van der Waals surface area (Å²) in [6, 6.07) is 4.24. The molecule has 8 heteroatoms. The van der Waals surface area contributed by atoms with E-state index in [0.717, 1.165) is 0 Å². The first-order chi connectivity index (χ1) is 9.90. The second-order valence-electron chi connectivity index (χ2n) is 4.89. The average molecular weight is 357 g/mol. The number of nitrogens with zero attached hydrogens (tertiary/aromatic N) is 1. The number of halogens is 1. The molecule has 0 radical (unpaired) electrons. The molecule has 0 saturated heterocycles. The molecule has 0 aromatic heterocycles. The van der Waals surface area contributed by atoms with Crippen molar-refractivity contribution in [2.45, 2.75) is 19.3 Å². The third-order valence-electron chi connectivity index (χ3n) is 3.58. The number of amides is 1. The van der Waals surface area contributed by atoms with E-state index in [9.17, 15) is 19.7 Å². The quantitative estimate of drug-likeness (QED) is 0.636. The first-order valence-corrected chi connectivity index (χ1v) is 7.17. The van der Waals surface area contributed by atoms with E-state index in [-0.39, 0.29) is 11.4 Å². The van der Waals surface area contributed by atoms with Gasteiger partial charge in [0.1, 0.15) is 0 Å². The van der Waals surface area contributed by atoms with Crippen LogP contribution in [0.4, 0.5) is 11.4 Å². The molecule has 1 aliphatic rings. The maximum Gasteiger partial charge on any atom is 0.307 e. The molecule has 2 atom stereocenters. The molecule has 1 aromatic rings. The van der Waals surface area contributed by atoms with Gasteiger partial charge in [-0.3, -0.25) is 19.7 Å². The fourth-order valence-corrected chi connectivity index (χ4v) is 2.93. The van der Waals surface area contributed by atoms with Crippen molar-refractivity contribution < 1.29 is 19.6 Å². The zero-order valence-corrected chi connectivity index (χ0v) is 12.5. The zero-order chi connectivity index (χ0) is 15.6. The van der Waals surface area contributed by atoms with Crippen LogP contribution in [0.1, 0.15) is 19.3 Å². The molecule has 1 amide bonds. The van der Waals surface area contributed by atoms with E-state index in [1.807, 2.05) is 0 Å². The van der Waals surface area contributed by atoms with Crippen LogP contribution in [0.25, 0.3) is 0 Å². The van der Waals surface area contributed by atoms with Crippen LogP contribution >= 0.6 is 15.9 Å². The van der Waals surface area contributed by atoms with E-state index in [4.69, 9.17) is 5.11 Å². The van der Waals surface area contributed by atoms with E-state index in [1.54, 1.807) is 0 Å². The van der Waals surface area contributed by atoms with Crippen molar-refractivity contribution in [3.63, 3.8) is 0 Å². The largest absolute Gasteiger partial charge is 0.481 e. The third kappa shape index (κ3) is 3.38. The van der Waals surface area contributed by atoms with Gasteiger partial charge in [0, 0.05) is 11.8 Å². The summed E-state index contributed by atoms with van der Waals surface area (Å²) in [7, 11) is 0. The van der Waals surface area contributed by atoms with Crippen LogP contribution in [0.5, 0.6) is 0 Å². The fraction of sp³-hybridized carbons (Fsp3) is 0.385. The van der Waals surface area contributed by atoms with Gasteiger partial charge in [0.25, 0.3) is 5.69 Å². The van der Waals surface area contributed by atoms with Crippen LogP contribution < -0.4 is 5.32 Å². The summed E-state index contributed by atoms with van der Waals surface area (Å²) in [6.45, 7) is 0. The monoisotopic (exact) mass is 356 g/mol. The number of carboxylic acid groups (broad SMARTS) is 1. The number of carbonyl (C=O) groups excluding carboxylic acids is 1. The van der Waals surface area contributed by atoms with Gasteiger partial charge in [0.05, 0.1) is 21.2 Å². The minimum absolute atomic E-state index is 0.158. The molecule has 1 aliphatic carbocycles. The van der Waals surface area contributed by atoms with Crippen LogP contribution in [0.3, 0.4) is 0 Å². The molecule has 0 spiro atoms. The van der Waals surface area contributed by atoms with Crippen LogP contribution in [0.15, 0.2) is 22.7 Å². The minimum atomic E-state index is -0.977. The van der Waals surface area contributed by atoms with Crippen molar-refractivity contribution in [3.8, 4) is 0 Å². The zero-order valence-electron chi connectivity index (χ0n) is 10.9. The highest BCUT2D eigenvalue weighted by Crippen LogP contribution is 2.34. The van der Waals surface area contributed by atoms with E-state index >= 15 is 0 Å². The van der Waals surface area contributed by atoms with Gasteiger partial charge in [-0.2, -0.15) is 0 Å². The highest BCUT2D eigenvalue weighted by Gasteiger charge is 2.37. The molecule has 112 valence electrons. The van der Waals surface area contributed by atoms with Gasteiger partial charge < -0.3 is 10.4 Å². The summed E-state index contributed by atoms with van der Waals surface area (Å²) in [4.78, 5) is 33.5. The van der Waals surface area contributed by atoms with Gasteiger partial charge in [-0.05, 0) is 40.9 Å². The van der Waals surface area contributed by atoms with Crippen LogP contribution in [-0.4, -0.2) is 21.9 Å². The van der Waals surface area contributed by atoms with Crippen LogP contribution in [0.2, 0.25) is 0 Å². The lowest BCUT2D eigenvalue weighted by Gasteiger charge is -2.15. The Labute approximate surface area is 128 Å². The van der Waals surface area contributed by atoms with Crippen molar-refractivity contribution in [2.75, 3.05) is 5.32 Å². The van der Waals surface area contributed by atoms with E-state index in [2.05, 4.69) is 21.2 Å². The number of carbonyl (C=O) groups is 2. The Morgan fingerprint density at radius 2 is 2.00 bits per heavy atom. The van der Waals surface area contributed by atoms with E-state index < -0.39 is 28.6 Å². The normalized spacial score (nSPS) is 21.0. The molecule has 1 aromatic carbocycles. The highest BCUT2D eigenvalue weighted by atomic mass is 79.9. The maximum absolute atomic E-state index is 12.1. The fourth-order valence-electron chi connectivity index (χ4n) is 2.53. The Kier molecular flexibility index (Phi) is 4.56. The molecule has 1 saturated carbocycles. The summed E-state index contributed by atoms with van der Waals surface area (Å²) < 4.78 is 0.315. The Morgan fingerprint density at radius 3 is 2.62 bits per heavy atom. The van der Waals surface area contributed by atoms with Gasteiger partial charge in [0.2, 0.25) is 5.91 Å². The van der Waals surface area contributed by atoms with E-state index in [0.29, 0.717) is 23.7 Å². The number of rotatable bonds is 4. The Hall–Kier alpha value is -1.96. The minimum Gasteiger partial charge on any atom is -0.481 e. The summed E-state index contributed by atoms with van der Waals surface area (Å²) in [6.07, 6.45) is 1.69. The van der Waals surface area contributed by atoms with Crippen molar-refractivity contribution in [1.29, 1.82) is 0 Å². The second kappa shape index (κ2) is 6.21. The topological polar surface area (TPSA) is 110 Å². The Morgan fingerprint density at radius 1 is 1.33 bits per heavy atom. The number of carboxylic acids is 1. The number of aliphatic carboxylic acids is 1. The first-order valence-electron chi connectivity index (χ1n) is 6.37. The molecule has 0 bridgehead atoms. The lowest BCUT2D eigenvalue weighted by Crippen LogP contribution is -2.30. The van der Waals surface area contributed by atoms with Gasteiger partial charge in [-0.25, -0.2) is 0 Å². The van der Waals surface area contributed by atoms with Gasteiger partial charge in [-0.1, -0.05) is 6.42 Å². The SMILES string of the molecule is O=C(O)[C@H]1CCC[C@H]1C(=O)Nc1ccc(Br)c([N+](=O)[O-])c1. The highest BCUT2D eigenvalue weighted by molar-refractivity contribution is 9.10. The Balaban J connectivity index is 2.14. The number of hydrogen-bond donors (Lipinski definition) is 2. The summed E-state index contributed by atoms with van der Waals surface area (Å²) in [5.41, 5.74) is 0.125. The lowest BCUT2D eigenvalue weighted by atomic mass is 9.95. The number of nitro benzene ring substituents is 1. The molecule has 7 nitrogen and oxygen atoms in total. The maximum atomic E-state index is 12.1. The molecule has 2 rings (SSSR count). The molecule has 21 heavy (non-hydrogen) atoms. The van der Waals surface area contributed by atoms with Gasteiger partial charge >= 0.3 is 5.97 Å². The smallest absolute Gasteiger partial charge is 0.307 e. The number of nitro groups is 1. The molecule has 1 fully saturated rings. The predicted molar refractivity (Wildman–Crippen MR) is 77.9 cm³/mol. The molecule has 0 heterocycles. The molecule has 0 unspecified atom stereocenters. The molecular weight excluding hydrogens is 344 g/mol. The van der Waals surface area contributed by atoms with Crippen LogP contribution in [0, 0.1) is 22.0 Å². The number of hydrogen-bond acceptors (Lipinski definition) is 4. The number of anilines is 1. The number of benzene rings is 1. The van der Waals surface area contributed by atoms with Crippen molar-refractivity contribution >= 4 is 39.2 Å². The van der Waals surface area contributed by atoms with Gasteiger partial charge in [-0.15, -0.1) is 0 Å². The standard InChI is InChI=1S/C13H13BrN2O5/c14-10-5-4-7(6-11(10)16(20)21)15-12(17)8-2-1-3-9(8)13(18)19/h4-6,8-9H,1-3H2,(H,15,17)(H,18,19)/t8-,9+/m1/s1. The van der Waals surface area contributed by atoms with Crippen molar-refractivity contribution in [3.05, 3.63) is 32.8 Å².